The molecule has 1 amide bonds. The highest BCUT2D eigenvalue weighted by atomic mass is 16.1. The van der Waals surface area contributed by atoms with E-state index in [0.29, 0.717) is 12.5 Å². The number of rotatable bonds is 3. The molecule has 4 nitrogen and oxygen atoms in total. The third-order valence-corrected chi connectivity index (χ3v) is 3.11. The van der Waals surface area contributed by atoms with Crippen molar-refractivity contribution in [3.63, 3.8) is 0 Å². The number of hydrogen-bond acceptors (Lipinski definition) is 2. The number of hydrogen-bond donors (Lipinski definition) is 1. The smallest absolute Gasteiger partial charge is 0.224 e. The summed E-state index contributed by atoms with van der Waals surface area (Å²) in [6, 6.07) is 4.35. The lowest BCUT2D eigenvalue weighted by atomic mass is 10.1. The molecule has 1 fully saturated rings. The van der Waals surface area contributed by atoms with Crippen LogP contribution in [0.5, 0.6) is 0 Å². The average molecular weight is 229 g/mol. The van der Waals surface area contributed by atoms with Crippen LogP contribution in [0, 0.1) is 0 Å². The van der Waals surface area contributed by atoms with Gasteiger partial charge in [0.25, 0.3) is 0 Å². The van der Waals surface area contributed by atoms with Crippen molar-refractivity contribution in [3.05, 3.63) is 30.1 Å². The van der Waals surface area contributed by atoms with Crippen LogP contribution >= 0.6 is 0 Å². The van der Waals surface area contributed by atoms with E-state index in [9.17, 15) is 4.79 Å². The van der Waals surface area contributed by atoms with Crippen molar-refractivity contribution in [2.45, 2.75) is 25.3 Å². The topological polar surface area (TPSA) is 46.9 Å². The number of amides is 1. The highest BCUT2D eigenvalue weighted by molar-refractivity contribution is 5.87. The van der Waals surface area contributed by atoms with Crippen LogP contribution in [0.4, 0.5) is 0 Å². The molecule has 0 atom stereocenters. The van der Waals surface area contributed by atoms with Gasteiger partial charge in [-0.25, -0.2) is 4.98 Å². The molecule has 88 valence electrons. The van der Waals surface area contributed by atoms with Crippen LogP contribution in [-0.4, -0.2) is 21.5 Å². The van der Waals surface area contributed by atoms with Crippen molar-refractivity contribution in [3.8, 4) is 0 Å². The van der Waals surface area contributed by atoms with Gasteiger partial charge in [0.15, 0.2) is 0 Å². The quantitative estimate of drug-likeness (QED) is 0.864. The van der Waals surface area contributed by atoms with Gasteiger partial charge in [0.1, 0.15) is 5.65 Å². The lowest BCUT2D eigenvalue weighted by Gasteiger charge is -2.01. The van der Waals surface area contributed by atoms with Gasteiger partial charge in [0, 0.05) is 30.9 Å². The summed E-state index contributed by atoms with van der Waals surface area (Å²) in [5.41, 5.74) is 1.98. The first-order valence-electron chi connectivity index (χ1n) is 5.92. The van der Waals surface area contributed by atoms with E-state index >= 15 is 0 Å². The Kier molecular flexibility index (Phi) is 2.35. The third-order valence-electron chi connectivity index (χ3n) is 3.11. The van der Waals surface area contributed by atoms with E-state index in [2.05, 4.69) is 10.3 Å². The molecule has 0 bridgehead atoms. The van der Waals surface area contributed by atoms with E-state index in [4.69, 9.17) is 0 Å². The van der Waals surface area contributed by atoms with Crippen molar-refractivity contribution >= 4 is 16.9 Å². The van der Waals surface area contributed by atoms with Crippen molar-refractivity contribution in [1.82, 2.24) is 14.9 Å². The molecule has 3 rings (SSSR count). The van der Waals surface area contributed by atoms with Gasteiger partial charge < -0.3 is 9.88 Å². The van der Waals surface area contributed by atoms with E-state index in [1.165, 1.54) is 0 Å². The number of fused-ring (bicyclic) bond motifs is 1. The molecule has 2 aromatic rings. The Bertz CT molecular complexity index is 569. The summed E-state index contributed by atoms with van der Waals surface area (Å²) in [7, 11) is 1.96. The molecule has 17 heavy (non-hydrogen) atoms. The van der Waals surface area contributed by atoms with Gasteiger partial charge in [0.2, 0.25) is 5.91 Å². The summed E-state index contributed by atoms with van der Waals surface area (Å²) in [5.74, 6) is 0.115. The molecule has 2 heterocycles. The summed E-state index contributed by atoms with van der Waals surface area (Å²) in [6.45, 7) is 0. The molecule has 0 saturated heterocycles. The van der Waals surface area contributed by atoms with E-state index in [-0.39, 0.29) is 5.91 Å². The molecule has 4 heteroatoms. The van der Waals surface area contributed by atoms with Crippen LogP contribution in [0.15, 0.2) is 24.5 Å². The Morgan fingerprint density at radius 3 is 3.18 bits per heavy atom. The number of nitrogens with one attached hydrogen (secondary N) is 1. The highest BCUT2D eigenvalue weighted by Crippen LogP contribution is 2.21. The predicted molar refractivity (Wildman–Crippen MR) is 65.6 cm³/mol. The Hall–Kier alpha value is -1.84. The molecule has 0 aromatic carbocycles. The Morgan fingerprint density at radius 2 is 2.41 bits per heavy atom. The average Bonchev–Trinajstić information content (AvgIpc) is 3.06. The SMILES string of the molecule is Cn1cc(CC(=O)NC2CC2)c2cccnc21. The van der Waals surface area contributed by atoms with Gasteiger partial charge in [-0.3, -0.25) is 4.79 Å². The summed E-state index contributed by atoms with van der Waals surface area (Å²) in [5, 5.41) is 4.08. The fourth-order valence-corrected chi connectivity index (χ4v) is 2.11. The predicted octanol–water partition coefficient (Wildman–Crippen LogP) is 1.39. The van der Waals surface area contributed by atoms with E-state index in [1.54, 1.807) is 6.20 Å². The monoisotopic (exact) mass is 229 g/mol. The van der Waals surface area contributed by atoms with Crippen molar-refractivity contribution < 1.29 is 4.79 Å². The van der Waals surface area contributed by atoms with Crippen molar-refractivity contribution in [2.24, 2.45) is 7.05 Å². The molecule has 1 N–H and O–H groups in total. The number of carbonyl (C=O) groups is 1. The Morgan fingerprint density at radius 1 is 1.59 bits per heavy atom. The zero-order chi connectivity index (χ0) is 11.8. The lowest BCUT2D eigenvalue weighted by Crippen LogP contribution is -2.26. The van der Waals surface area contributed by atoms with Crippen LogP contribution in [0.3, 0.4) is 0 Å². The van der Waals surface area contributed by atoms with Gasteiger partial charge in [-0.2, -0.15) is 0 Å². The van der Waals surface area contributed by atoms with E-state index < -0.39 is 0 Å². The molecule has 1 aliphatic carbocycles. The summed E-state index contributed by atoms with van der Waals surface area (Å²) in [6.07, 6.45) is 6.46. The second-order valence-electron chi connectivity index (χ2n) is 4.66. The van der Waals surface area contributed by atoms with Crippen LogP contribution in [0.25, 0.3) is 11.0 Å². The molecular weight excluding hydrogens is 214 g/mol. The Labute approximate surface area is 99.6 Å². The van der Waals surface area contributed by atoms with Crippen LogP contribution in [0.1, 0.15) is 18.4 Å². The molecule has 1 saturated carbocycles. The zero-order valence-electron chi connectivity index (χ0n) is 9.81. The van der Waals surface area contributed by atoms with Crippen LogP contribution < -0.4 is 5.32 Å². The van der Waals surface area contributed by atoms with Gasteiger partial charge in [-0.15, -0.1) is 0 Å². The van der Waals surface area contributed by atoms with Gasteiger partial charge in [0.05, 0.1) is 6.42 Å². The van der Waals surface area contributed by atoms with E-state index in [1.807, 2.05) is 29.9 Å². The standard InChI is InChI=1S/C13H15N3O/c1-16-8-9(7-12(17)15-10-4-5-10)11-3-2-6-14-13(11)16/h2-3,6,8,10H,4-5,7H2,1H3,(H,15,17). The second-order valence-corrected chi connectivity index (χ2v) is 4.66. The molecule has 1 aliphatic rings. The number of aryl methyl sites for hydroxylation is 1. The van der Waals surface area contributed by atoms with Gasteiger partial charge in [-0.1, -0.05) is 0 Å². The van der Waals surface area contributed by atoms with Crippen molar-refractivity contribution in [1.29, 1.82) is 0 Å². The minimum absolute atomic E-state index is 0.115. The summed E-state index contributed by atoms with van der Waals surface area (Å²) in [4.78, 5) is 16.1. The largest absolute Gasteiger partial charge is 0.353 e. The minimum Gasteiger partial charge on any atom is -0.353 e. The maximum atomic E-state index is 11.8. The van der Waals surface area contributed by atoms with E-state index in [0.717, 1.165) is 29.4 Å². The fraction of sp³-hybridized carbons (Fsp3) is 0.385. The first kappa shape index (κ1) is 10.3. The van der Waals surface area contributed by atoms with Crippen LogP contribution in [-0.2, 0) is 18.3 Å². The maximum Gasteiger partial charge on any atom is 0.224 e. The fourth-order valence-electron chi connectivity index (χ4n) is 2.11. The Balaban J connectivity index is 1.86. The zero-order valence-corrected chi connectivity index (χ0v) is 9.81. The van der Waals surface area contributed by atoms with Crippen LogP contribution in [0.2, 0.25) is 0 Å². The van der Waals surface area contributed by atoms with Gasteiger partial charge >= 0.3 is 0 Å². The second kappa shape index (κ2) is 3.87. The number of nitrogens with zero attached hydrogens (tertiary/aromatic N) is 2. The maximum absolute atomic E-state index is 11.8. The third kappa shape index (κ3) is 2.02. The lowest BCUT2D eigenvalue weighted by molar-refractivity contribution is -0.120. The first-order valence-corrected chi connectivity index (χ1v) is 5.92. The molecule has 0 radical (unpaired) electrons. The minimum atomic E-state index is 0.115. The van der Waals surface area contributed by atoms with Gasteiger partial charge in [-0.05, 0) is 30.5 Å². The summed E-state index contributed by atoms with van der Waals surface area (Å²) >= 11 is 0. The summed E-state index contributed by atoms with van der Waals surface area (Å²) < 4.78 is 1.97. The number of aromatic nitrogens is 2. The van der Waals surface area contributed by atoms with Crippen molar-refractivity contribution in [2.75, 3.05) is 0 Å². The molecule has 2 aromatic heterocycles. The first-order chi connectivity index (χ1) is 8.24. The molecule has 0 aliphatic heterocycles. The normalized spacial score (nSPS) is 15.1. The highest BCUT2D eigenvalue weighted by Gasteiger charge is 2.23. The molecular formula is C13H15N3O. The molecule has 0 unspecified atom stereocenters. The number of carbonyl (C=O) groups excluding carboxylic acids is 1. The molecule has 0 spiro atoms. The number of pyridine rings is 1.